The molecule has 2 aromatic rings. The SMILES string of the molecule is Cc1cc(C(=O)NNC=NC2CC(O)(CF)C2)nc2c(C(C)(C)C)cc(OCC(F)F)cc12. The first-order chi connectivity index (χ1) is 15.4. The Kier molecular flexibility index (Phi) is 7.16. The van der Waals surface area contributed by atoms with Crippen molar-refractivity contribution < 1.29 is 27.8 Å². The van der Waals surface area contributed by atoms with Crippen LogP contribution in [-0.2, 0) is 5.41 Å². The lowest BCUT2D eigenvalue weighted by Gasteiger charge is -2.39. The van der Waals surface area contributed by atoms with Gasteiger partial charge in [0.25, 0.3) is 12.3 Å². The van der Waals surface area contributed by atoms with Crippen LogP contribution in [-0.4, -0.2) is 53.7 Å². The standard InChI is InChI=1S/C23H29F3N4O3/c1-13-5-18(21(31)30-28-12-27-14-8-23(32,9-14)11-24)29-20-16(13)6-15(33-10-19(25)26)7-17(20)22(2,3)4/h5-7,12,14,19,32H,8-11H2,1-4H3,(H,27,28)(H,30,31). The van der Waals surface area contributed by atoms with Gasteiger partial charge in [0, 0.05) is 18.2 Å². The number of hydrogen-bond donors (Lipinski definition) is 3. The molecule has 1 aromatic heterocycles. The maximum absolute atomic E-state index is 12.6. The number of amides is 1. The number of aryl methyl sites for hydroxylation is 1. The van der Waals surface area contributed by atoms with Crippen LogP contribution in [0.25, 0.3) is 10.9 Å². The molecule has 1 heterocycles. The third kappa shape index (κ3) is 5.93. The van der Waals surface area contributed by atoms with Crippen molar-refractivity contribution in [2.45, 2.75) is 64.0 Å². The largest absolute Gasteiger partial charge is 0.488 e. The lowest BCUT2D eigenvalue weighted by molar-refractivity contribution is -0.0627. The number of rotatable bonds is 8. The fourth-order valence-electron chi connectivity index (χ4n) is 3.73. The molecule has 1 saturated carbocycles. The molecular formula is C23H29F3N4O3. The average molecular weight is 467 g/mol. The van der Waals surface area contributed by atoms with Gasteiger partial charge in [-0.05, 0) is 41.7 Å². The molecule has 1 aliphatic rings. The van der Waals surface area contributed by atoms with Crippen molar-refractivity contribution in [1.29, 1.82) is 0 Å². The van der Waals surface area contributed by atoms with E-state index < -0.39 is 31.2 Å². The van der Waals surface area contributed by atoms with Crippen molar-refractivity contribution in [3.63, 3.8) is 0 Å². The Morgan fingerprint density at radius 2 is 2.06 bits per heavy atom. The number of benzene rings is 1. The molecule has 1 aromatic carbocycles. The van der Waals surface area contributed by atoms with Gasteiger partial charge in [0.05, 0.1) is 17.2 Å². The second kappa shape index (κ2) is 9.54. The molecule has 3 N–H and O–H groups in total. The van der Waals surface area contributed by atoms with Gasteiger partial charge in [0.1, 0.15) is 31.1 Å². The average Bonchev–Trinajstić information content (AvgIpc) is 2.72. The second-order valence-electron chi connectivity index (χ2n) is 9.44. The summed E-state index contributed by atoms with van der Waals surface area (Å²) in [5, 5.41) is 10.4. The first-order valence-electron chi connectivity index (χ1n) is 10.6. The number of nitrogens with one attached hydrogen (secondary N) is 2. The number of aliphatic imine (C=N–C) groups is 1. The monoisotopic (exact) mass is 466 g/mol. The Hall–Kier alpha value is -2.88. The highest BCUT2D eigenvalue weighted by Gasteiger charge is 2.42. The van der Waals surface area contributed by atoms with Crippen molar-refractivity contribution >= 4 is 23.1 Å². The van der Waals surface area contributed by atoms with Gasteiger partial charge in [-0.25, -0.2) is 18.2 Å². The van der Waals surface area contributed by atoms with Crippen LogP contribution in [0, 0.1) is 6.92 Å². The number of pyridine rings is 1. The Morgan fingerprint density at radius 3 is 2.67 bits per heavy atom. The number of nitrogens with zero attached hydrogens (tertiary/aromatic N) is 2. The summed E-state index contributed by atoms with van der Waals surface area (Å²) in [4.78, 5) is 21.3. The normalized spacial score (nSPS) is 20.8. The molecule has 0 radical (unpaired) electrons. The van der Waals surface area contributed by atoms with Gasteiger partial charge in [0.2, 0.25) is 0 Å². The number of alkyl halides is 3. The molecule has 180 valence electrons. The molecule has 0 bridgehead atoms. The van der Waals surface area contributed by atoms with E-state index >= 15 is 0 Å². The van der Waals surface area contributed by atoms with Crippen molar-refractivity contribution in [2.75, 3.05) is 13.3 Å². The number of aromatic nitrogens is 1. The molecule has 1 fully saturated rings. The molecule has 1 aliphatic carbocycles. The van der Waals surface area contributed by atoms with Gasteiger partial charge in [0.15, 0.2) is 0 Å². The zero-order chi connectivity index (χ0) is 24.4. The van der Waals surface area contributed by atoms with Gasteiger partial charge in [-0.15, -0.1) is 0 Å². The van der Waals surface area contributed by atoms with E-state index in [1.165, 1.54) is 6.34 Å². The molecule has 3 rings (SSSR count). The van der Waals surface area contributed by atoms with Crippen molar-refractivity contribution in [2.24, 2.45) is 4.99 Å². The maximum atomic E-state index is 12.6. The first kappa shape index (κ1) is 24.8. The van der Waals surface area contributed by atoms with Crippen LogP contribution < -0.4 is 15.6 Å². The summed E-state index contributed by atoms with van der Waals surface area (Å²) in [6.45, 7) is 6.19. The quantitative estimate of drug-likeness (QED) is 0.314. The van der Waals surface area contributed by atoms with Gasteiger partial charge in [-0.3, -0.25) is 20.6 Å². The third-order valence-corrected chi connectivity index (χ3v) is 5.53. The summed E-state index contributed by atoms with van der Waals surface area (Å²) < 4.78 is 43.1. The maximum Gasteiger partial charge on any atom is 0.288 e. The van der Waals surface area contributed by atoms with Gasteiger partial charge in [-0.2, -0.15) is 0 Å². The molecule has 1 amide bonds. The smallest absolute Gasteiger partial charge is 0.288 e. The summed E-state index contributed by atoms with van der Waals surface area (Å²) >= 11 is 0. The van der Waals surface area contributed by atoms with Crippen molar-refractivity contribution in [3.05, 3.63) is 35.0 Å². The van der Waals surface area contributed by atoms with Crippen LogP contribution in [0.1, 0.15) is 55.2 Å². The number of carbonyl (C=O) groups is 1. The zero-order valence-electron chi connectivity index (χ0n) is 19.1. The molecule has 33 heavy (non-hydrogen) atoms. The van der Waals surface area contributed by atoms with Crippen molar-refractivity contribution in [1.82, 2.24) is 15.8 Å². The van der Waals surface area contributed by atoms with Crippen LogP contribution >= 0.6 is 0 Å². The van der Waals surface area contributed by atoms with E-state index in [2.05, 4.69) is 20.8 Å². The predicted molar refractivity (Wildman–Crippen MR) is 120 cm³/mol. The van der Waals surface area contributed by atoms with Crippen LogP contribution in [0.5, 0.6) is 5.75 Å². The van der Waals surface area contributed by atoms with Gasteiger partial charge >= 0.3 is 0 Å². The number of halogens is 3. The molecule has 10 heteroatoms. The minimum absolute atomic E-state index is 0.170. The van der Waals surface area contributed by atoms with Crippen LogP contribution in [0.4, 0.5) is 13.2 Å². The number of fused-ring (bicyclic) bond motifs is 1. The third-order valence-electron chi connectivity index (χ3n) is 5.53. The van der Waals surface area contributed by atoms with E-state index in [1.54, 1.807) is 18.2 Å². The van der Waals surface area contributed by atoms with E-state index in [9.17, 15) is 23.1 Å². The molecule has 0 atom stereocenters. The number of hydrogen-bond acceptors (Lipinski definition) is 5. The molecule has 0 saturated heterocycles. The summed E-state index contributed by atoms with van der Waals surface area (Å²) in [5.74, 6) is -0.165. The minimum atomic E-state index is -2.58. The highest BCUT2D eigenvalue weighted by Crippen LogP contribution is 2.35. The fraction of sp³-hybridized carbons (Fsp3) is 0.522. The number of hydrazine groups is 1. The highest BCUT2D eigenvalue weighted by molar-refractivity contribution is 5.97. The van der Waals surface area contributed by atoms with Crippen molar-refractivity contribution in [3.8, 4) is 5.75 Å². The summed E-state index contributed by atoms with van der Waals surface area (Å²) in [6.07, 6.45) is -0.819. The van der Waals surface area contributed by atoms with E-state index in [0.717, 1.165) is 11.1 Å². The molecule has 0 aliphatic heterocycles. The molecular weight excluding hydrogens is 437 g/mol. The lowest BCUT2D eigenvalue weighted by Crippen LogP contribution is -2.48. The van der Waals surface area contributed by atoms with E-state index in [-0.39, 0.29) is 30.0 Å². The van der Waals surface area contributed by atoms with E-state index in [4.69, 9.17) is 4.74 Å². The van der Waals surface area contributed by atoms with Gasteiger partial charge in [-0.1, -0.05) is 20.8 Å². The van der Waals surface area contributed by atoms with Crippen LogP contribution in [0.2, 0.25) is 0 Å². The Morgan fingerprint density at radius 1 is 1.36 bits per heavy atom. The second-order valence-corrected chi connectivity index (χ2v) is 9.44. The summed E-state index contributed by atoms with van der Waals surface area (Å²) in [6, 6.07) is 4.74. The molecule has 7 nitrogen and oxygen atoms in total. The number of carbonyl (C=O) groups excluding carboxylic acids is 1. The molecule has 0 spiro atoms. The predicted octanol–water partition coefficient (Wildman–Crippen LogP) is 3.61. The van der Waals surface area contributed by atoms with Crippen LogP contribution in [0.15, 0.2) is 23.2 Å². The molecule has 0 unspecified atom stereocenters. The van der Waals surface area contributed by atoms with Gasteiger partial charge < -0.3 is 9.84 Å². The van der Waals surface area contributed by atoms with Crippen LogP contribution in [0.3, 0.4) is 0 Å². The minimum Gasteiger partial charge on any atom is -0.488 e. The number of ether oxygens (including phenoxy) is 1. The summed E-state index contributed by atoms with van der Waals surface area (Å²) in [7, 11) is 0. The first-order valence-corrected chi connectivity index (χ1v) is 10.6. The topological polar surface area (TPSA) is 95.8 Å². The van der Waals surface area contributed by atoms with E-state index in [0.29, 0.717) is 16.7 Å². The zero-order valence-corrected chi connectivity index (χ0v) is 19.1. The lowest BCUT2D eigenvalue weighted by atomic mass is 9.77. The Labute approximate surface area is 190 Å². The summed E-state index contributed by atoms with van der Waals surface area (Å²) in [5.41, 5.74) is 5.66. The highest BCUT2D eigenvalue weighted by atomic mass is 19.3. The van der Waals surface area contributed by atoms with E-state index in [1.807, 2.05) is 27.7 Å². The Balaban J connectivity index is 1.78. The number of aliphatic hydroxyl groups is 1. The fourth-order valence-corrected chi connectivity index (χ4v) is 3.73. The Bertz CT molecular complexity index is 1050.